The first kappa shape index (κ1) is 17.6. The van der Waals surface area contributed by atoms with Crippen LogP contribution in [0.2, 0.25) is 0 Å². The van der Waals surface area contributed by atoms with Gasteiger partial charge in [0.05, 0.1) is 30.2 Å². The standard InChI is InChI=1S/C20H23N5O2/c1-12(21)13-3-5-14(6-4-13)16-9-17-18(20(26)25(2)11-22-17)19(24-16)23-15-7-8-27-10-15/h3-6,9,11-12,15H,7-8,10,21H2,1-2H3,(H,23,24). The van der Waals surface area contributed by atoms with Crippen LogP contribution in [0.5, 0.6) is 0 Å². The summed E-state index contributed by atoms with van der Waals surface area (Å²) in [6.45, 7) is 3.27. The van der Waals surface area contributed by atoms with E-state index < -0.39 is 0 Å². The van der Waals surface area contributed by atoms with Gasteiger partial charge in [0.1, 0.15) is 11.2 Å². The number of ether oxygens (including phenoxy) is 1. The number of fused-ring (bicyclic) bond motifs is 1. The highest BCUT2D eigenvalue weighted by molar-refractivity contribution is 5.91. The molecule has 4 rings (SSSR count). The van der Waals surface area contributed by atoms with E-state index in [1.165, 1.54) is 10.9 Å². The third kappa shape index (κ3) is 3.43. The van der Waals surface area contributed by atoms with Crippen molar-refractivity contribution in [3.05, 3.63) is 52.6 Å². The molecule has 1 saturated heterocycles. The van der Waals surface area contributed by atoms with Gasteiger partial charge in [-0.3, -0.25) is 4.79 Å². The van der Waals surface area contributed by atoms with Gasteiger partial charge in [0.15, 0.2) is 0 Å². The van der Waals surface area contributed by atoms with Gasteiger partial charge < -0.3 is 20.4 Å². The fourth-order valence-electron chi connectivity index (χ4n) is 3.27. The molecule has 0 saturated carbocycles. The van der Waals surface area contributed by atoms with Crippen LogP contribution in [0.25, 0.3) is 22.2 Å². The van der Waals surface area contributed by atoms with Crippen molar-refractivity contribution in [3.8, 4) is 11.3 Å². The second-order valence-electron chi connectivity index (χ2n) is 7.03. The molecule has 7 heteroatoms. The van der Waals surface area contributed by atoms with Crippen LogP contribution >= 0.6 is 0 Å². The van der Waals surface area contributed by atoms with Gasteiger partial charge in [-0.2, -0.15) is 0 Å². The maximum Gasteiger partial charge on any atom is 0.264 e. The summed E-state index contributed by atoms with van der Waals surface area (Å²) < 4.78 is 6.91. The molecule has 140 valence electrons. The third-order valence-electron chi connectivity index (χ3n) is 4.91. The molecule has 7 nitrogen and oxygen atoms in total. The van der Waals surface area contributed by atoms with Crippen LogP contribution in [0, 0.1) is 0 Å². The molecule has 2 unspecified atom stereocenters. The average molecular weight is 365 g/mol. The normalized spacial score (nSPS) is 18.0. The molecule has 27 heavy (non-hydrogen) atoms. The molecule has 0 spiro atoms. The number of hydrogen-bond acceptors (Lipinski definition) is 6. The van der Waals surface area contributed by atoms with Gasteiger partial charge in [-0.1, -0.05) is 24.3 Å². The van der Waals surface area contributed by atoms with Crippen LogP contribution in [-0.2, 0) is 11.8 Å². The van der Waals surface area contributed by atoms with Crippen molar-refractivity contribution >= 4 is 16.7 Å². The Labute approximate surface area is 157 Å². The Balaban J connectivity index is 1.84. The first-order valence-corrected chi connectivity index (χ1v) is 9.09. The zero-order valence-electron chi connectivity index (χ0n) is 15.5. The lowest BCUT2D eigenvalue weighted by Crippen LogP contribution is -2.24. The molecule has 0 amide bonds. The highest BCUT2D eigenvalue weighted by Crippen LogP contribution is 2.27. The molecule has 0 radical (unpaired) electrons. The summed E-state index contributed by atoms with van der Waals surface area (Å²) in [7, 11) is 1.69. The van der Waals surface area contributed by atoms with Crippen molar-refractivity contribution in [3.63, 3.8) is 0 Å². The molecule has 1 aliphatic rings. The molecule has 2 atom stereocenters. The van der Waals surface area contributed by atoms with Gasteiger partial charge in [0.25, 0.3) is 5.56 Å². The Bertz CT molecular complexity index is 1020. The summed E-state index contributed by atoms with van der Waals surface area (Å²) in [5, 5.41) is 3.88. The van der Waals surface area contributed by atoms with E-state index >= 15 is 0 Å². The van der Waals surface area contributed by atoms with E-state index in [-0.39, 0.29) is 17.6 Å². The molecule has 2 aromatic heterocycles. The topological polar surface area (TPSA) is 95.1 Å². The van der Waals surface area contributed by atoms with Crippen LogP contribution < -0.4 is 16.6 Å². The van der Waals surface area contributed by atoms with Gasteiger partial charge in [0.2, 0.25) is 0 Å². The monoisotopic (exact) mass is 365 g/mol. The number of nitrogens with one attached hydrogen (secondary N) is 1. The highest BCUT2D eigenvalue weighted by Gasteiger charge is 2.20. The quantitative estimate of drug-likeness (QED) is 0.736. The fraction of sp³-hybridized carbons (Fsp3) is 0.350. The minimum atomic E-state index is -0.118. The summed E-state index contributed by atoms with van der Waals surface area (Å²) in [5.41, 5.74) is 9.23. The summed E-state index contributed by atoms with van der Waals surface area (Å²) in [6, 6.07) is 9.97. The van der Waals surface area contributed by atoms with E-state index in [1.54, 1.807) is 7.05 Å². The second kappa shape index (κ2) is 7.09. The Morgan fingerprint density at radius 1 is 1.33 bits per heavy atom. The number of pyridine rings is 1. The predicted molar refractivity (Wildman–Crippen MR) is 106 cm³/mol. The smallest absolute Gasteiger partial charge is 0.264 e. The average Bonchev–Trinajstić information content (AvgIpc) is 3.17. The SMILES string of the molecule is CC(N)c1ccc(-c2cc3ncn(C)c(=O)c3c(NC3CCOC3)n2)cc1. The third-order valence-corrected chi connectivity index (χ3v) is 4.91. The van der Waals surface area contributed by atoms with Crippen molar-refractivity contribution in [1.29, 1.82) is 0 Å². The van der Waals surface area contributed by atoms with E-state index in [1.807, 2.05) is 37.3 Å². The summed E-state index contributed by atoms with van der Waals surface area (Å²) in [6.07, 6.45) is 2.42. The fourth-order valence-corrected chi connectivity index (χ4v) is 3.27. The first-order chi connectivity index (χ1) is 13.0. The maximum absolute atomic E-state index is 12.7. The Hall–Kier alpha value is -2.77. The van der Waals surface area contributed by atoms with Crippen LogP contribution in [0.3, 0.4) is 0 Å². The number of aryl methyl sites for hydroxylation is 1. The van der Waals surface area contributed by atoms with Crippen LogP contribution in [0.4, 0.5) is 5.82 Å². The van der Waals surface area contributed by atoms with Crippen molar-refractivity contribution in [2.45, 2.75) is 25.4 Å². The van der Waals surface area contributed by atoms with Gasteiger partial charge in [-0.25, -0.2) is 9.97 Å². The zero-order chi connectivity index (χ0) is 19.0. The Kier molecular flexibility index (Phi) is 4.63. The molecule has 3 aromatic rings. The number of anilines is 1. The number of benzene rings is 1. The minimum Gasteiger partial charge on any atom is -0.379 e. The summed E-state index contributed by atoms with van der Waals surface area (Å²) >= 11 is 0. The summed E-state index contributed by atoms with van der Waals surface area (Å²) in [4.78, 5) is 21.9. The van der Waals surface area contributed by atoms with E-state index in [0.29, 0.717) is 29.9 Å². The van der Waals surface area contributed by atoms with Crippen molar-refractivity contribution in [2.24, 2.45) is 12.8 Å². The van der Waals surface area contributed by atoms with Crippen LogP contribution in [-0.4, -0.2) is 33.8 Å². The molecular weight excluding hydrogens is 342 g/mol. The molecule has 3 N–H and O–H groups in total. The van der Waals surface area contributed by atoms with Gasteiger partial charge in [-0.05, 0) is 25.0 Å². The second-order valence-corrected chi connectivity index (χ2v) is 7.03. The molecule has 1 aliphatic heterocycles. The lowest BCUT2D eigenvalue weighted by molar-refractivity contribution is 0.195. The number of nitrogens with two attached hydrogens (primary N) is 1. The van der Waals surface area contributed by atoms with E-state index in [9.17, 15) is 4.79 Å². The molecular formula is C20H23N5O2. The van der Waals surface area contributed by atoms with Crippen LogP contribution in [0.1, 0.15) is 24.9 Å². The minimum absolute atomic E-state index is 0.0205. The lowest BCUT2D eigenvalue weighted by atomic mass is 10.0. The molecule has 1 aromatic carbocycles. The van der Waals surface area contributed by atoms with Gasteiger partial charge in [-0.15, -0.1) is 0 Å². The number of nitrogens with zero attached hydrogens (tertiary/aromatic N) is 3. The van der Waals surface area contributed by atoms with Gasteiger partial charge >= 0.3 is 0 Å². The first-order valence-electron chi connectivity index (χ1n) is 9.09. The summed E-state index contributed by atoms with van der Waals surface area (Å²) in [5.74, 6) is 0.558. The largest absolute Gasteiger partial charge is 0.379 e. The zero-order valence-corrected chi connectivity index (χ0v) is 15.5. The van der Waals surface area contributed by atoms with E-state index in [0.717, 1.165) is 23.2 Å². The number of hydrogen-bond donors (Lipinski definition) is 2. The lowest BCUT2D eigenvalue weighted by Gasteiger charge is -2.15. The predicted octanol–water partition coefficient (Wildman–Crippen LogP) is 2.22. The molecule has 0 aliphatic carbocycles. The van der Waals surface area contributed by atoms with Gasteiger partial charge in [0, 0.05) is 25.3 Å². The maximum atomic E-state index is 12.7. The Morgan fingerprint density at radius 2 is 2.11 bits per heavy atom. The van der Waals surface area contributed by atoms with Crippen molar-refractivity contribution < 1.29 is 4.74 Å². The number of aromatic nitrogens is 3. The molecule has 0 bridgehead atoms. The van der Waals surface area contributed by atoms with Crippen LogP contribution in [0.15, 0.2) is 41.5 Å². The van der Waals surface area contributed by atoms with E-state index in [2.05, 4.69) is 10.3 Å². The number of rotatable bonds is 4. The molecule has 1 fully saturated rings. The Morgan fingerprint density at radius 3 is 2.78 bits per heavy atom. The van der Waals surface area contributed by atoms with Crippen molar-refractivity contribution in [2.75, 3.05) is 18.5 Å². The van der Waals surface area contributed by atoms with E-state index in [4.69, 9.17) is 15.5 Å². The molecule has 3 heterocycles. The highest BCUT2D eigenvalue weighted by atomic mass is 16.5. The van der Waals surface area contributed by atoms with Crippen molar-refractivity contribution in [1.82, 2.24) is 14.5 Å².